The monoisotopic (exact) mass is 836 g/mol. The number of halogens is 13. The van der Waals surface area contributed by atoms with Crippen LogP contribution >= 0.6 is 58.0 Å². The minimum Gasteiger partial charge on any atom is -0.490 e. The summed E-state index contributed by atoms with van der Waals surface area (Å²) in [5, 5.41) is 6.64. The molecule has 280 valence electrons. The van der Waals surface area contributed by atoms with Gasteiger partial charge < -0.3 is 15.2 Å². The molecule has 2 aromatic carbocycles. The van der Waals surface area contributed by atoms with E-state index in [1.807, 2.05) is 0 Å². The van der Waals surface area contributed by atoms with Crippen LogP contribution in [-0.4, -0.2) is 66.2 Å². The Morgan fingerprint density at radius 1 is 0.784 bits per heavy atom. The highest BCUT2D eigenvalue weighted by molar-refractivity contribution is 6.69. The van der Waals surface area contributed by atoms with Crippen LogP contribution in [0.25, 0.3) is 0 Å². The van der Waals surface area contributed by atoms with Crippen molar-refractivity contribution < 1.29 is 54.2 Å². The van der Waals surface area contributed by atoms with Crippen molar-refractivity contribution in [3.8, 4) is 11.5 Å². The van der Waals surface area contributed by atoms with Crippen molar-refractivity contribution in [1.82, 2.24) is 29.5 Å². The fraction of sp³-hybridized carbons (Fsp3) is 0.308. The summed E-state index contributed by atoms with van der Waals surface area (Å²) in [5.41, 5.74) is 3.89. The van der Waals surface area contributed by atoms with E-state index >= 15 is 0 Å². The minimum absolute atomic E-state index is 0.00922. The van der Waals surface area contributed by atoms with Crippen molar-refractivity contribution in [3.63, 3.8) is 0 Å². The Morgan fingerprint density at radius 2 is 1.22 bits per heavy atom. The van der Waals surface area contributed by atoms with Gasteiger partial charge in [0, 0.05) is 14.1 Å². The van der Waals surface area contributed by atoms with Crippen molar-refractivity contribution in [3.05, 3.63) is 67.6 Å². The standard InChI is InChI=1S/C13H10Cl2F4N4O2.C10H5Cl3F4O2.C3H6N4/c1-23-12(20-5-21-23)22-11(24)8-7(16)4-6(14)10(9(8)15)25-3-2-13(17,18)19;11-4-3-5(14)6(9(13)18)7(12)8(4)19-2-1-10(15,16)17;1-7-3(4)5-2-6-7/h4-5H,2-3H2,1H3,(H,20,21,22,24);3H,1-2H2;2H,1H3,(H2,4,5,6). The second-order valence-electron chi connectivity index (χ2n) is 9.32. The Hall–Kier alpha value is -3.85. The Kier molecular flexibility index (Phi) is 15.8. The molecule has 0 aliphatic rings. The van der Waals surface area contributed by atoms with E-state index in [4.69, 9.17) is 73.2 Å². The molecule has 4 rings (SSSR count). The minimum atomic E-state index is -4.45. The molecule has 12 nitrogen and oxygen atoms in total. The molecule has 4 aromatic rings. The molecule has 0 radical (unpaired) electrons. The van der Waals surface area contributed by atoms with Gasteiger partial charge in [-0.25, -0.2) is 23.1 Å². The molecule has 51 heavy (non-hydrogen) atoms. The number of amides is 1. The number of carbonyl (C=O) groups is 2. The van der Waals surface area contributed by atoms with E-state index in [1.165, 1.54) is 22.7 Å². The number of nitrogens with one attached hydrogen (secondary N) is 1. The van der Waals surface area contributed by atoms with Crippen LogP contribution in [0.5, 0.6) is 11.5 Å². The number of hydrogen-bond donors (Lipinski definition) is 2. The Labute approximate surface area is 306 Å². The van der Waals surface area contributed by atoms with E-state index < -0.39 is 93.9 Å². The Morgan fingerprint density at radius 3 is 1.57 bits per heavy atom. The first-order valence-corrected chi connectivity index (χ1v) is 15.1. The van der Waals surface area contributed by atoms with Gasteiger partial charge in [0.1, 0.15) is 24.3 Å². The maximum absolute atomic E-state index is 14.1. The van der Waals surface area contributed by atoms with Crippen LogP contribution in [0, 0.1) is 11.6 Å². The number of anilines is 2. The summed E-state index contributed by atoms with van der Waals surface area (Å²) in [6, 6.07) is 1.41. The molecule has 0 aliphatic carbocycles. The predicted octanol–water partition coefficient (Wildman–Crippen LogP) is 8.08. The normalized spacial score (nSPS) is 11.2. The van der Waals surface area contributed by atoms with Crippen LogP contribution in [0.1, 0.15) is 33.6 Å². The van der Waals surface area contributed by atoms with Gasteiger partial charge >= 0.3 is 12.4 Å². The number of alkyl halides is 6. The van der Waals surface area contributed by atoms with E-state index in [0.717, 1.165) is 12.4 Å². The SMILES string of the molecule is Cn1ncnc1N.Cn1ncnc1NC(=O)c1c(F)cc(Cl)c(OCCC(F)(F)F)c1Cl.O=C(Cl)c1c(F)cc(Cl)c(OCCC(F)(F)F)c1Cl. The molecule has 0 saturated carbocycles. The van der Waals surface area contributed by atoms with E-state index in [2.05, 4.69) is 25.5 Å². The molecule has 1 amide bonds. The van der Waals surface area contributed by atoms with Crippen LogP contribution in [-0.2, 0) is 14.1 Å². The van der Waals surface area contributed by atoms with Gasteiger partial charge in [-0.3, -0.25) is 14.9 Å². The van der Waals surface area contributed by atoms with E-state index in [9.17, 15) is 44.7 Å². The first-order chi connectivity index (χ1) is 23.5. The smallest absolute Gasteiger partial charge is 0.392 e. The lowest BCUT2D eigenvalue weighted by Gasteiger charge is -2.14. The fourth-order valence-corrected chi connectivity index (χ4v) is 4.70. The summed E-state index contributed by atoms with van der Waals surface area (Å²) in [4.78, 5) is 30.5. The van der Waals surface area contributed by atoms with Crippen molar-refractivity contribution in [1.29, 1.82) is 0 Å². The van der Waals surface area contributed by atoms with Gasteiger partial charge in [-0.05, 0) is 23.7 Å². The zero-order valence-electron chi connectivity index (χ0n) is 25.4. The zero-order chi connectivity index (χ0) is 38.8. The second kappa shape index (κ2) is 18.6. The van der Waals surface area contributed by atoms with Crippen molar-refractivity contribution in [2.75, 3.05) is 24.3 Å². The number of aromatic nitrogens is 6. The summed E-state index contributed by atoms with van der Waals surface area (Å²) >= 11 is 28.0. The molecule has 3 N–H and O–H groups in total. The van der Waals surface area contributed by atoms with Gasteiger partial charge in [-0.1, -0.05) is 46.4 Å². The van der Waals surface area contributed by atoms with Gasteiger partial charge in [0.15, 0.2) is 11.5 Å². The van der Waals surface area contributed by atoms with Crippen molar-refractivity contribution >= 4 is 81.1 Å². The number of nitrogens with zero attached hydrogens (tertiary/aromatic N) is 6. The third-order valence-corrected chi connectivity index (χ3v) is 7.10. The number of nitrogen functional groups attached to an aromatic ring is 1. The van der Waals surface area contributed by atoms with Gasteiger partial charge in [0.25, 0.3) is 11.1 Å². The molecule has 2 heterocycles. The van der Waals surface area contributed by atoms with Crippen LogP contribution < -0.4 is 20.5 Å². The number of benzene rings is 2. The molecule has 0 bridgehead atoms. The fourth-order valence-electron chi connectivity index (χ4n) is 3.21. The number of carbonyl (C=O) groups excluding carboxylic acids is 2. The number of nitrogens with two attached hydrogens (primary N) is 1. The highest BCUT2D eigenvalue weighted by atomic mass is 35.5. The maximum atomic E-state index is 14.1. The van der Waals surface area contributed by atoms with Crippen LogP contribution in [0.3, 0.4) is 0 Å². The van der Waals surface area contributed by atoms with Crippen LogP contribution in [0.2, 0.25) is 20.1 Å². The second-order valence-corrected chi connectivity index (χ2v) is 11.2. The van der Waals surface area contributed by atoms with Gasteiger partial charge in [-0.15, -0.1) is 0 Å². The van der Waals surface area contributed by atoms with Crippen molar-refractivity contribution in [2.24, 2.45) is 14.1 Å². The van der Waals surface area contributed by atoms with Gasteiger partial charge in [0.05, 0.1) is 57.3 Å². The summed E-state index contributed by atoms with van der Waals surface area (Å²) in [6.07, 6.45) is -8.83. The Balaban J connectivity index is 0.000000304. The zero-order valence-corrected chi connectivity index (χ0v) is 29.2. The molecule has 0 saturated heterocycles. The summed E-state index contributed by atoms with van der Waals surface area (Å²) in [7, 11) is 3.22. The summed E-state index contributed by atoms with van der Waals surface area (Å²) in [6.45, 7) is -1.57. The van der Waals surface area contributed by atoms with Gasteiger partial charge in [-0.2, -0.15) is 41.5 Å². The Bertz CT molecular complexity index is 1820. The third-order valence-electron chi connectivity index (χ3n) is 5.63. The topological polar surface area (TPSA) is 152 Å². The first kappa shape index (κ1) is 43.3. The first-order valence-electron chi connectivity index (χ1n) is 13.2. The van der Waals surface area contributed by atoms with Gasteiger partial charge in [0.2, 0.25) is 11.9 Å². The molecule has 25 heteroatoms. The van der Waals surface area contributed by atoms with E-state index in [0.29, 0.717) is 12.0 Å². The van der Waals surface area contributed by atoms with Crippen molar-refractivity contribution in [2.45, 2.75) is 25.2 Å². The maximum Gasteiger partial charge on any atom is 0.392 e. The predicted molar refractivity (Wildman–Crippen MR) is 170 cm³/mol. The summed E-state index contributed by atoms with van der Waals surface area (Å²) < 4.78 is 112. The molecule has 2 aromatic heterocycles. The molecule has 0 spiro atoms. The highest BCUT2D eigenvalue weighted by Gasteiger charge is 2.30. The van der Waals surface area contributed by atoms with Crippen LogP contribution in [0.15, 0.2) is 24.8 Å². The lowest BCUT2D eigenvalue weighted by Crippen LogP contribution is -2.18. The number of hydrogen-bond acceptors (Lipinski definition) is 9. The number of rotatable bonds is 9. The highest BCUT2D eigenvalue weighted by Crippen LogP contribution is 2.39. The lowest BCUT2D eigenvalue weighted by molar-refractivity contribution is -0.140. The van der Waals surface area contributed by atoms with Crippen LogP contribution in [0.4, 0.5) is 47.0 Å². The quantitative estimate of drug-likeness (QED) is 0.126. The lowest BCUT2D eigenvalue weighted by atomic mass is 10.2. The molecular weight excluding hydrogens is 818 g/mol. The molecule has 0 atom stereocenters. The average Bonchev–Trinajstić information content (AvgIpc) is 3.57. The molecule has 0 fully saturated rings. The third kappa shape index (κ3) is 13.3. The number of ether oxygens (including phenoxy) is 2. The molecule has 0 aliphatic heterocycles. The van der Waals surface area contributed by atoms with E-state index in [-0.39, 0.29) is 16.0 Å². The molecular formula is C26H21Cl5F8N8O4. The largest absolute Gasteiger partial charge is 0.490 e. The summed E-state index contributed by atoms with van der Waals surface area (Å²) in [5.74, 6) is -3.53. The number of aryl methyl sites for hydroxylation is 2. The van der Waals surface area contributed by atoms with E-state index in [1.54, 1.807) is 7.05 Å². The average molecular weight is 839 g/mol. The molecule has 0 unspecified atom stereocenters.